The van der Waals surface area contributed by atoms with Crippen LogP contribution in [0.3, 0.4) is 0 Å². The van der Waals surface area contributed by atoms with Crippen molar-refractivity contribution in [3.8, 4) is 0 Å². The minimum atomic E-state index is 1.03. The molecule has 0 aromatic carbocycles. The zero-order valence-corrected chi connectivity index (χ0v) is 10.8. The Balaban J connectivity index is 3.58. The second-order valence-corrected chi connectivity index (χ2v) is 4.45. The van der Waals surface area contributed by atoms with Gasteiger partial charge in [-0.2, -0.15) is 0 Å². The van der Waals surface area contributed by atoms with Crippen molar-refractivity contribution in [3.05, 3.63) is 12.7 Å². The van der Waals surface area contributed by atoms with Gasteiger partial charge in [0.1, 0.15) is 0 Å². The first-order valence-corrected chi connectivity index (χ1v) is 6.18. The molecule has 0 bridgehead atoms. The highest BCUT2D eigenvalue weighted by molar-refractivity contribution is 4.73. The van der Waals surface area contributed by atoms with Crippen LogP contribution in [0.25, 0.3) is 0 Å². The van der Waals surface area contributed by atoms with Crippen LogP contribution >= 0.6 is 0 Å². The van der Waals surface area contributed by atoms with Crippen LogP contribution < -0.4 is 0 Å². The standard InChI is InChI=1S/C13H28N2/c1-5-7-8-9-11-15(10-6-2)13-12-14(3)4/h6H,2,5,7-13H2,1,3-4H3. The van der Waals surface area contributed by atoms with Crippen molar-refractivity contribution in [2.75, 3.05) is 40.3 Å². The van der Waals surface area contributed by atoms with Gasteiger partial charge >= 0.3 is 0 Å². The van der Waals surface area contributed by atoms with Crippen LogP contribution in [0.2, 0.25) is 0 Å². The van der Waals surface area contributed by atoms with Gasteiger partial charge in [-0.15, -0.1) is 6.58 Å². The molecular weight excluding hydrogens is 184 g/mol. The summed E-state index contributed by atoms with van der Waals surface area (Å²) in [4.78, 5) is 4.73. The lowest BCUT2D eigenvalue weighted by atomic mass is 10.2. The average Bonchev–Trinajstić information content (AvgIpc) is 2.20. The molecule has 0 unspecified atom stereocenters. The summed E-state index contributed by atoms with van der Waals surface area (Å²) >= 11 is 0. The van der Waals surface area contributed by atoms with Crippen molar-refractivity contribution in [1.82, 2.24) is 9.80 Å². The summed E-state index contributed by atoms with van der Waals surface area (Å²) in [6, 6.07) is 0. The lowest BCUT2D eigenvalue weighted by molar-refractivity contribution is 0.256. The van der Waals surface area contributed by atoms with Crippen molar-refractivity contribution in [1.29, 1.82) is 0 Å². The summed E-state index contributed by atoms with van der Waals surface area (Å²) in [7, 11) is 4.26. The van der Waals surface area contributed by atoms with Gasteiger partial charge in [-0.3, -0.25) is 4.90 Å². The lowest BCUT2D eigenvalue weighted by Crippen LogP contribution is -2.32. The molecule has 0 aliphatic carbocycles. The first-order chi connectivity index (χ1) is 7.20. The Kier molecular flexibility index (Phi) is 9.96. The molecule has 2 nitrogen and oxygen atoms in total. The third kappa shape index (κ3) is 9.95. The number of nitrogens with zero attached hydrogens (tertiary/aromatic N) is 2. The Hall–Kier alpha value is -0.340. The largest absolute Gasteiger partial charge is 0.308 e. The highest BCUT2D eigenvalue weighted by Crippen LogP contribution is 2.01. The fourth-order valence-corrected chi connectivity index (χ4v) is 1.58. The van der Waals surface area contributed by atoms with Crippen molar-refractivity contribution in [2.24, 2.45) is 0 Å². The molecule has 0 aromatic rings. The predicted molar refractivity (Wildman–Crippen MR) is 69.3 cm³/mol. The van der Waals surface area contributed by atoms with E-state index in [1.165, 1.54) is 32.2 Å². The summed E-state index contributed by atoms with van der Waals surface area (Å²) in [5.74, 6) is 0. The average molecular weight is 212 g/mol. The van der Waals surface area contributed by atoms with Crippen molar-refractivity contribution < 1.29 is 0 Å². The molecule has 0 aromatic heterocycles. The minimum Gasteiger partial charge on any atom is -0.308 e. The number of hydrogen-bond donors (Lipinski definition) is 0. The molecule has 0 atom stereocenters. The number of unbranched alkanes of at least 4 members (excludes halogenated alkanes) is 3. The number of likely N-dealkylation sites (N-methyl/N-ethyl adjacent to an activating group) is 1. The zero-order chi connectivity index (χ0) is 11.5. The van der Waals surface area contributed by atoms with E-state index in [4.69, 9.17) is 0 Å². The molecule has 0 fully saturated rings. The Morgan fingerprint density at radius 1 is 1.00 bits per heavy atom. The summed E-state index contributed by atoms with van der Waals surface area (Å²) in [6.07, 6.45) is 7.39. The number of hydrogen-bond acceptors (Lipinski definition) is 2. The van der Waals surface area contributed by atoms with Gasteiger partial charge in [-0.25, -0.2) is 0 Å². The van der Waals surface area contributed by atoms with Crippen molar-refractivity contribution >= 4 is 0 Å². The topological polar surface area (TPSA) is 6.48 Å². The Morgan fingerprint density at radius 2 is 1.73 bits per heavy atom. The highest BCUT2D eigenvalue weighted by atomic mass is 15.2. The van der Waals surface area contributed by atoms with Gasteiger partial charge in [0.25, 0.3) is 0 Å². The summed E-state index contributed by atoms with van der Waals surface area (Å²) in [5.41, 5.74) is 0. The molecule has 0 radical (unpaired) electrons. The maximum atomic E-state index is 3.82. The van der Waals surface area contributed by atoms with E-state index in [1.807, 2.05) is 6.08 Å². The first-order valence-electron chi connectivity index (χ1n) is 6.18. The molecule has 2 heteroatoms. The Bertz CT molecular complexity index is 143. The molecule has 0 N–H and O–H groups in total. The molecule has 0 amide bonds. The van der Waals surface area contributed by atoms with E-state index in [2.05, 4.69) is 37.4 Å². The van der Waals surface area contributed by atoms with E-state index in [0.29, 0.717) is 0 Å². The summed E-state index contributed by atoms with van der Waals surface area (Å²) in [6.45, 7) is 10.6. The minimum absolute atomic E-state index is 1.03. The smallest absolute Gasteiger partial charge is 0.0161 e. The van der Waals surface area contributed by atoms with Crippen LogP contribution in [-0.2, 0) is 0 Å². The van der Waals surface area contributed by atoms with Crippen LogP contribution in [0, 0.1) is 0 Å². The van der Waals surface area contributed by atoms with Crippen LogP contribution in [0.1, 0.15) is 32.6 Å². The van der Waals surface area contributed by atoms with E-state index in [-0.39, 0.29) is 0 Å². The van der Waals surface area contributed by atoms with Gasteiger partial charge in [0, 0.05) is 19.6 Å². The van der Waals surface area contributed by atoms with E-state index < -0.39 is 0 Å². The molecule has 15 heavy (non-hydrogen) atoms. The van der Waals surface area contributed by atoms with Gasteiger partial charge in [-0.05, 0) is 27.1 Å². The van der Waals surface area contributed by atoms with Crippen LogP contribution in [-0.4, -0.2) is 50.1 Å². The summed E-state index contributed by atoms with van der Waals surface area (Å²) < 4.78 is 0. The monoisotopic (exact) mass is 212 g/mol. The van der Waals surface area contributed by atoms with Crippen LogP contribution in [0.5, 0.6) is 0 Å². The number of rotatable bonds is 10. The predicted octanol–water partition coefficient (Wildman–Crippen LogP) is 2.62. The van der Waals surface area contributed by atoms with Gasteiger partial charge in [0.05, 0.1) is 0 Å². The molecule has 0 heterocycles. The molecule has 0 rings (SSSR count). The fraction of sp³-hybridized carbons (Fsp3) is 0.846. The van der Waals surface area contributed by atoms with Gasteiger partial charge in [-0.1, -0.05) is 32.3 Å². The molecule has 0 aliphatic heterocycles. The van der Waals surface area contributed by atoms with Gasteiger partial charge in [0.15, 0.2) is 0 Å². The first kappa shape index (κ1) is 14.7. The second kappa shape index (κ2) is 10.2. The normalized spacial score (nSPS) is 11.3. The second-order valence-electron chi connectivity index (χ2n) is 4.45. The highest BCUT2D eigenvalue weighted by Gasteiger charge is 2.02. The van der Waals surface area contributed by atoms with Crippen molar-refractivity contribution in [2.45, 2.75) is 32.6 Å². The molecule has 0 saturated carbocycles. The molecule has 0 aliphatic rings. The molecule has 0 saturated heterocycles. The van der Waals surface area contributed by atoms with Crippen LogP contribution in [0.15, 0.2) is 12.7 Å². The van der Waals surface area contributed by atoms with E-state index in [0.717, 1.165) is 19.6 Å². The maximum Gasteiger partial charge on any atom is 0.0161 e. The Labute approximate surface area is 95.9 Å². The molecular formula is C13H28N2. The summed E-state index contributed by atoms with van der Waals surface area (Å²) in [5, 5.41) is 0. The third-order valence-electron chi connectivity index (χ3n) is 2.58. The fourth-order valence-electron chi connectivity index (χ4n) is 1.58. The third-order valence-corrected chi connectivity index (χ3v) is 2.58. The maximum absolute atomic E-state index is 3.82. The molecule has 90 valence electrons. The van der Waals surface area contributed by atoms with E-state index >= 15 is 0 Å². The molecule has 0 spiro atoms. The Morgan fingerprint density at radius 3 is 2.27 bits per heavy atom. The van der Waals surface area contributed by atoms with Crippen molar-refractivity contribution in [3.63, 3.8) is 0 Å². The lowest BCUT2D eigenvalue weighted by Gasteiger charge is -2.22. The SMILES string of the molecule is C=CCN(CCCCCC)CCN(C)C. The quantitative estimate of drug-likeness (QED) is 0.406. The van der Waals surface area contributed by atoms with Gasteiger partial charge in [0.2, 0.25) is 0 Å². The zero-order valence-electron chi connectivity index (χ0n) is 10.8. The van der Waals surface area contributed by atoms with Crippen LogP contribution in [0.4, 0.5) is 0 Å². The van der Waals surface area contributed by atoms with E-state index in [1.54, 1.807) is 0 Å². The van der Waals surface area contributed by atoms with Gasteiger partial charge < -0.3 is 4.90 Å². The van der Waals surface area contributed by atoms with E-state index in [9.17, 15) is 0 Å².